The SMILES string of the molecule is Brc1cc(N(c2ccccc2)c2cccc3c2sc2ccccc23)cc(C23CC4CC(CC(C4)C2)C3)c1. The third-order valence-electron chi connectivity index (χ3n) is 9.43. The van der Waals surface area contributed by atoms with E-state index in [-0.39, 0.29) is 0 Å². The lowest BCUT2D eigenvalue weighted by atomic mass is 9.48. The van der Waals surface area contributed by atoms with E-state index in [1.807, 2.05) is 11.3 Å². The van der Waals surface area contributed by atoms with E-state index < -0.39 is 0 Å². The number of rotatable bonds is 4. The molecule has 0 atom stereocenters. The Balaban J connectivity index is 1.33. The normalized spacial score (nSPS) is 26.2. The number of halogens is 1. The van der Waals surface area contributed by atoms with Gasteiger partial charge < -0.3 is 4.90 Å². The summed E-state index contributed by atoms with van der Waals surface area (Å²) in [5.41, 5.74) is 5.65. The van der Waals surface area contributed by atoms with Crippen LogP contribution in [0.2, 0.25) is 0 Å². The third kappa shape index (κ3) is 3.61. The average molecular weight is 565 g/mol. The second kappa shape index (κ2) is 8.44. The number of nitrogens with zero attached hydrogens (tertiary/aromatic N) is 1. The highest BCUT2D eigenvalue weighted by molar-refractivity contribution is 9.10. The highest BCUT2D eigenvalue weighted by Crippen LogP contribution is 2.61. The number of fused-ring (bicyclic) bond motifs is 3. The van der Waals surface area contributed by atoms with E-state index in [9.17, 15) is 0 Å². The van der Waals surface area contributed by atoms with Gasteiger partial charge in [-0.05, 0) is 110 Å². The molecule has 0 amide bonds. The van der Waals surface area contributed by atoms with Crippen molar-refractivity contribution in [3.63, 3.8) is 0 Å². The molecule has 0 aliphatic heterocycles. The summed E-state index contributed by atoms with van der Waals surface area (Å²) in [5, 5.41) is 2.69. The molecule has 0 unspecified atom stereocenters. The average Bonchev–Trinajstić information content (AvgIpc) is 3.28. The largest absolute Gasteiger partial charge is 0.309 e. The van der Waals surface area contributed by atoms with Crippen molar-refractivity contribution in [2.75, 3.05) is 4.90 Å². The minimum Gasteiger partial charge on any atom is -0.309 e. The molecule has 1 nitrogen and oxygen atoms in total. The molecule has 184 valence electrons. The molecule has 4 bridgehead atoms. The van der Waals surface area contributed by atoms with Crippen LogP contribution in [0, 0.1) is 17.8 Å². The van der Waals surface area contributed by atoms with E-state index in [2.05, 4.69) is 112 Å². The quantitative estimate of drug-likeness (QED) is 0.210. The maximum absolute atomic E-state index is 3.96. The Hall–Kier alpha value is -2.62. The smallest absolute Gasteiger partial charge is 0.0640 e. The molecule has 5 aromatic rings. The Morgan fingerprint density at radius 3 is 2.11 bits per heavy atom. The molecule has 4 aliphatic carbocycles. The van der Waals surface area contributed by atoms with Gasteiger partial charge in [0.25, 0.3) is 0 Å². The van der Waals surface area contributed by atoms with Gasteiger partial charge in [0.2, 0.25) is 0 Å². The molecule has 1 aromatic heterocycles. The van der Waals surface area contributed by atoms with E-state index in [0.717, 1.165) is 17.8 Å². The fourth-order valence-electron chi connectivity index (χ4n) is 8.39. The number of thiophene rings is 1. The maximum atomic E-state index is 3.96. The van der Waals surface area contributed by atoms with Gasteiger partial charge in [0.05, 0.1) is 10.4 Å². The molecule has 4 aromatic carbocycles. The Kier molecular flexibility index (Phi) is 5.11. The molecule has 37 heavy (non-hydrogen) atoms. The summed E-state index contributed by atoms with van der Waals surface area (Å²) < 4.78 is 3.89. The standard InChI is InChI=1S/C34H30BrNS/c35-26-16-25(34-19-22-13-23(20-34)15-24(14-22)21-34)17-28(18-26)36(27-7-2-1-3-8-27)31-11-6-10-30-29-9-4-5-12-32(29)37-33(30)31/h1-12,16-18,22-24H,13-15,19-21H2. The van der Waals surface area contributed by atoms with Crippen molar-refractivity contribution in [2.24, 2.45) is 17.8 Å². The van der Waals surface area contributed by atoms with Crippen LogP contribution in [0.25, 0.3) is 20.2 Å². The van der Waals surface area contributed by atoms with Crippen molar-refractivity contribution >= 4 is 64.5 Å². The number of hydrogen-bond acceptors (Lipinski definition) is 2. The molecular formula is C34H30BrNS. The zero-order chi connectivity index (χ0) is 24.6. The van der Waals surface area contributed by atoms with Crippen molar-refractivity contribution in [2.45, 2.75) is 43.9 Å². The highest BCUT2D eigenvalue weighted by atomic mass is 79.9. The van der Waals surface area contributed by atoms with E-state index in [1.165, 1.54) is 80.2 Å². The predicted molar refractivity (Wildman–Crippen MR) is 162 cm³/mol. The minimum absolute atomic E-state index is 0.360. The predicted octanol–water partition coefficient (Wildman–Crippen LogP) is 10.8. The summed E-state index contributed by atoms with van der Waals surface area (Å²) in [7, 11) is 0. The summed E-state index contributed by atoms with van der Waals surface area (Å²) in [5.74, 6) is 2.81. The van der Waals surface area contributed by atoms with Gasteiger partial charge in [-0.3, -0.25) is 0 Å². The van der Waals surface area contributed by atoms with Crippen molar-refractivity contribution < 1.29 is 0 Å². The minimum atomic E-state index is 0.360. The first-order valence-electron chi connectivity index (χ1n) is 13.7. The van der Waals surface area contributed by atoms with Crippen LogP contribution >= 0.6 is 27.3 Å². The van der Waals surface area contributed by atoms with Crippen LogP contribution in [-0.4, -0.2) is 0 Å². The first-order valence-corrected chi connectivity index (χ1v) is 15.3. The summed E-state index contributed by atoms with van der Waals surface area (Å²) >= 11 is 5.87. The van der Waals surface area contributed by atoms with Crippen LogP contribution in [0.4, 0.5) is 17.1 Å². The molecule has 0 N–H and O–H groups in total. The number of anilines is 3. The highest BCUT2D eigenvalue weighted by Gasteiger charge is 2.51. The van der Waals surface area contributed by atoms with E-state index in [0.29, 0.717) is 5.41 Å². The van der Waals surface area contributed by atoms with Crippen LogP contribution in [0.15, 0.2) is 95.5 Å². The third-order valence-corrected chi connectivity index (χ3v) is 11.1. The molecular weight excluding hydrogens is 534 g/mol. The lowest BCUT2D eigenvalue weighted by molar-refractivity contribution is -0.00519. The fraction of sp³-hybridized carbons (Fsp3) is 0.294. The van der Waals surface area contributed by atoms with Crippen molar-refractivity contribution in [1.82, 2.24) is 0 Å². The molecule has 1 heterocycles. The Morgan fingerprint density at radius 1 is 0.676 bits per heavy atom. The van der Waals surface area contributed by atoms with Crippen LogP contribution < -0.4 is 4.90 Å². The Labute approximate surface area is 231 Å². The van der Waals surface area contributed by atoms with Crippen LogP contribution in [0.5, 0.6) is 0 Å². The molecule has 0 saturated heterocycles. The Morgan fingerprint density at radius 2 is 1.35 bits per heavy atom. The van der Waals surface area contributed by atoms with Gasteiger partial charge in [-0.1, -0.05) is 64.5 Å². The van der Waals surface area contributed by atoms with Crippen LogP contribution in [0.1, 0.15) is 44.1 Å². The summed E-state index contributed by atoms with van der Waals surface area (Å²) in [6.45, 7) is 0. The first kappa shape index (κ1) is 22.4. The number of para-hydroxylation sites is 1. The topological polar surface area (TPSA) is 3.24 Å². The molecule has 4 saturated carbocycles. The summed E-state index contributed by atoms with van der Waals surface area (Å²) in [6, 6.07) is 33.9. The second-order valence-electron chi connectivity index (χ2n) is 11.8. The zero-order valence-corrected chi connectivity index (χ0v) is 23.3. The number of hydrogen-bond donors (Lipinski definition) is 0. The van der Waals surface area contributed by atoms with Crippen molar-refractivity contribution in [3.8, 4) is 0 Å². The van der Waals surface area contributed by atoms with E-state index in [1.54, 1.807) is 5.56 Å². The molecule has 4 aliphatic rings. The van der Waals surface area contributed by atoms with Gasteiger partial charge >= 0.3 is 0 Å². The summed E-state index contributed by atoms with van der Waals surface area (Å²) in [4.78, 5) is 2.49. The van der Waals surface area contributed by atoms with Gasteiger partial charge in [-0.25, -0.2) is 0 Å². The number of benzene rings is 4. The van der Waals surface area contributed by atoms with E-state index in [4.69, 9.17) is 0 Å². The molecule has 0 radical (unpaired) electrons. The van der Waals surface area contributed by atoms with Gasteiger partial charge in [0.1, 0.15) is 0 Å². The maximum Gasteiger partial charge on any atom is 0.0640 e. The van der Waals surface area contributed by atoms with Gasteiger partial charge in [0, 0.05) is 31.3 Å². The van der Waals surface area contributed by atoms with Crippen LogP contribution in [-0.2, 0) is 5.41 Å². The molecule has 9 rings (SSSR count). The van der Waals surface area contributed by atoms with E-state index >= 15 is 0 Å². The second-order valence-corrected chi connectivity index (χ2v) is 13.8. The van der Waals surface area contributed by atoms with Gasteiger partial charge in [-0.2, -0.15) is 0 Å². The van der Waals surface area contributed by atoms with Crippen molar-refractivity contribution in [3.05, 3.63) is 101 Å². The van der Waals surface area contributed by atoms with Crippen molar-refractivity contribution in [1.29, 1.82) is 0 Å². The van der Waals surface area contributed by atoms with Crippen LogP contribution in [0.3, 0.4) is 0 Å². The summed E-state index contributed by atoms with van der Waals surface area (Å²) in [6.07, 6.45) is 8.57. The van der Waals surface area contributed by atoms with Gasteiger partial charge in [0.15, 0.2) is 0 Å². The lowest BCUT2D eigenvalue weighted by Gasteiger charge is -2.57. The fourth-order valence-corrected chi connectivity index (χ4v) is 10.1. The molecule has 3 heteroatoms. The first-order chi connectivity index (χ1) is 18.1. The lowest BCUT2D eigenvalue weighted by Crippen LogP contribution is -2.48. The zero-order valence-electron chi connectivity index (χ0n) is 20.9. The molecule has 4 fully saturated rings. The molecule has 0 spiro atoms. The Bertz CT molecular complexity index is 1600. The monoisotopic (exact) mass is 563 g/mol. The van der Waals surface area contributed by atoms with Gasteiger partial charge in [-0.15, -0.1) is 11.3 Å².